The maximum Gasteiger partial charge on any atom is 0.258 e. The minimum absolute atomic E-state index is 0.240. The van der Waals surface area contributed by atoms with Gasteiger partial charge >= 0.3 is 0 Å². The molecule has 0 atom stereocenters. The molecule has 2 N–H and O–H groups in total. The molecule has 0 fully saturated rings. The number of aromatic nitrogens is 2. The Morgan fingerprint density at radius 3 is 2.30 bits per heavy atom. The number of hydrogen-bond acceptors (Lipinski definition) is 4. The predicted octanol–water partition coefficient (Wildman–Crippen LogP) is 3.20. The number of halogens is 1. The Kier molecular flexibility index (Phi) is 4.53. The summed E-state index contributed by atoms with van der Waals surface area (Å²) in [5.74, 6) is 0.242. The number of carbonyl (C=O) groups excluding carboxylic acids is 1. The molecule has 6 heteroatoms. The van der Waals surface area contributed by atoms with Crippen LogP contribution in [0.2, 0.25) is 5.02 Å². The van der Waals surface area contributed by atoms with E-state index < -0.39 is 0 Å². The van der Waals surface area contributed by atoms with Gasteiger partial charge in [0.05, 0.1) is 5.56 Å². The zero-order chi connectivity index (χ0) is 14.5. The molecule has 2 aromatic rings. The molecule has 0 radical (unpaired) electrons. The van der Waals surface area contributed by atoms with Crippen molar-refractivity contribution in [1.82, 2.24) is 9.97 Å². The third-order valence-corrected chi connectivity index (χ3v) is 2.69. The van der Waals surface area contributed by atoms with Crippen LogP contribution in [-0.4, -0.2) is 21.9 Å². The Morgan fingerprint density at radius 1 is 1.15 bits per heavy atom. The van der Waals surface area contributed by atoms with Crippen LogP contribution in [0.1, 0.15) is 24.2 Å². The Hall–Kier alpha value is -2.14. The molecule has 104 valence electrons. The first-order valence-corrected chi connectivity index (χ1v) is 6.58. The van der Waals surface area contributed by atoms with Crippen molar-refractivity contribution in [2.24, 2.45) is 0 Å². The number of amides is 1. The molecule has 0 spiro atoms. The van der Waals surface area contributed by atoms with Crippen LogP contribution in [0.4, 0.5) is 11.6 Å². The van der Waals surface area contributed by atoms with E-state index in [0.717, 1.165) is 0 Å². The summed E-state index contributed by atoms with van der Waals surface area (Å²) in [6, 6.07) is 7.13. The van der Waals surface area contributed by atoms with Gasteiger partial charge < -0.3 is 10.6 Å². The molecule has 0 bridgehead atoms. The highest BCUT2D eigenvalue weighted by molar-refractivity contribution is 6.30. The topological polar surface area (TPSA) is 66.9 Å². The molecular formula is C14H15ClN4O. The van der Waals surface area contributed by atoms with Gasteiger partial charge in [-0.15, -0.1) is 0 Å². The van der Waals surface area contributed by atoms with E-state index in [4.69, 9.17) is 11.6 Å². The predicted molar refractivity (Wildman–Crippen MR) is 80.2 cm³/mol. The van der Waals surface area contributed by atoms with Crippen molar-refractivity contribution in [2.45, 2.75) is 19.9 Å². The van der Waals surface area contributed by atoms with Crippen molar-refractivity contribution in [2.75, 3.05) is 10.6 Å². The highest BCUT2D eigenvalue weighted by atomic mass is 35.5. The lowest BCUT2D eigenvalue weighted by Gasteiger charge is -2.08. The van der Waals surface area contributed by atoms with Crippen molar-refractivity contribution < 1.29 is 4.79 Å². The van der Waals surface area contributed by atoms with Gasteiger partial charge in [0.15, 0.2) is 0 Å². The number of nitrogens with one attached hydrogen (secondary N) is 2. The molecule has 0 unspecified atom stereocenters. The molecule has 0 aliphatic carbocycles. The largest absolute Gasteiger partial charge is 0.352 e. The third-order valence-electron chi connectivity index (χ3n) is 2.43. The summed E-state index contributed by atoms with van der Waals surface area (Å²) >= 11 is 5.78. The fourth-order valence-electron chi connectivity index (χ4n) is 1.51. The molecule has 0 saturated carbocycles. The maximum atomic E-state index is 12.0. The number of hydrogen-bond donors (Lipinski definition) is 2. The second-order valence-electron chi connectivity index (χ2n) is 4.56. The van der Waals surface area contributed by atoms with E-state index in [0.29, 0.717) is 22.2 Å². The summed E-state index contributed by atoms with van der Waals surface area (Å²) in [4.78, 5) is 20.2. The van der Waals surface area contributed by atoms with E-state index in [1.165, 1.54) is 12.4 Å². The van der Waals surface area contributed by atoms with Crippen LogP contribution in [0, 0.1) is 0 Å². The molecule has 20 heavy (non-hydrogen) atoms. The normalized spacial score (nSPS) is 10.4. The molecule has 0 saturated heterocycles. The molecule has 5 nitrogen and oxygen atoms in total. The van der Waals surface area contributed by atoms with E-state index in [-0.39, 0.29) is 11.9 Å². The highest BCUT2D eigenvalue weighted by Crippen LogP contribution is 2.14. The smallest absolute Gasteiger partial charge is 0.258 e. The second kappa shape index (κ2) is 6.34. The van der Waals surface area contributed by atoms with Crippen molar-refractivity contribution in [3.05, 3.63) is 47.2 Å². The maximum absolute atomic E-state index is 12.0. The minimum atomic E-state index is -0.261. The molecule has 1 heterocycles. The van der Waals surface area contributed by atoms with Gasteiger partial charge in [0.25, 0.3) is 5.91 Å². The fourth-order valence-corrected chi connectivity index (χ4v) is 1.64. The molecule has 2 rings (SSSR count). The number of rotatable bonds is 4. The monoisotopic (exact) mass is 290 g/mol. The SMILES string of the molecule is CC(C)Nc1ncc(C(=O)Nc2ccc(Cl)cc2)cn1. The van der Waals surface area contributed by atoms with Gasteiger partial charge in [-0.3, -0.25) is 4.79 Å². The zero-order valence-electron chi connectivity index (χ0n) is 11.2. The number of nitrogens with zero attached hydrogens (tertiary/aromatic N) is 2. The highest BCUT2D eigenvalue weighted by Gasteiger charge is 2.08. The van der Waals surface area contributed by atoms with E-state index in [1.54, 1.807) is 24.3 Å². The Morgan fingerprint density at radius 2 is 1.75 bits per heavy atom. The first-order chi connectivity index (χ1) is 9.54. The first-order valence-electron chi connectivity index (χ1n) is 6.20. The van der Waals surface area contributed by atoms with Crippen LogP contribution in [0.5, 0.6) is 0 Å². The number of benzene rings is 1. The summed E-state index contributed by atoms with van der Waals surface area (Å²) in [5, 5.41) is 6.43. The summed E-state index contributed by atoms with van der Waals surface area (Å²) in [5.41, 5.74) is 1.07. The average molecular weight is 291 g/mol. The van der Waals surface area contributed by atoms with Crippen LogP contribution in [0.15, 0.2) is 36.7 Å². The van der Waals surface area contributed by atoms with E-state index >= 15 is 0 Å². The quantitative estimate of drug-likeness (QED) is 0.907. The van der Waals surface area contributed by atoms with E-state index in [9.17, 15) is 4.79 Å². The number of anilines is 2. The molecule has 1 amide bonds. The summed E-state index contributed by atoms with van der Waals surface area (Å²) in [7, 11) is 0. The van der Waals surface area contributed by atoms with Gasteiger partial charge in [0.2, 0.25) is 5.95 Å². The van der Waals surface area contributed by atoms with Gasteiger partial charge in [-0.2, -0.15) is 0 Å². The Labute approximate surface area is 122 Å². The van der Waals surface area contributed by atoms with Gasteiger partial charge in [-0.1, -0.05) is 11.6 Å². The third kappa shape index (κ3) is 3.93. The van der Waals surface area contributed by atoms with Crippen LogP contribution in [0.25, 0.3) is 0 Å². The van der Waals surface area contributed by atoms with Gasteiger partial charge in [-0.25, -0.2) is 9.97 Å². The molecular weight excluding hydrogens is 276 g/mol. The van der Waals surface area contributed by atoms with Crippen molar-refractivity contribution in [3.8, 4) is 0 Å². The summed E-state index contributed by atoms with van der Waals surface area (Å²) in [6.45, 7) is 3.98. The molecule has 1 aromatic heterocycles. The van der Waals surface area contributed by atoms with Crippen LogP contribution in [0.3, 0.4) is 0 Å². The van der Waals surface area contributed by atoms with Gasteiger partial charge in [0.1, 0.15) is 0 Å². The molecule has 1 aromatic carbocycles. The lowest BCUT2D eigenvalue weighted by molar-refractivity contribution is 0.102. The van der Waals surface area contributed by atoms with Crippen LogP contribution >= 0.6 is 11.6 Å². The van der Waals surface area contributed by atoms with Gasteiger partial charge in [0, 0.05) is 29.1 Å². The fraction of sp³-hybridized carbons (Fsp3) is 0.214. The lowest BCUT2D eigenvalue weighted by atomic mass is 10.3. The standard InChI is InChI=1S/C14H15ClN4O/c1-9(2)18-14-16-7-10(8-17-14)13(20)19-12-5-3-11(15)4-6-12/h3-9H,1-2H3,(H,19,20)(H,16,17,18). The summed E-state index contributed by atoms with van der Waals surface area (Å²) < 4.78 is 0. The van der Waals surface area contributed by atoms with Crippen LogP contribution in [-0.2, 0) is 0 Å². The van der Waals surface area contributed by atoms with E-state index in [1.807, 2.05) is 13.8 Å². The van der Waals surface area contributed by atoms with Gasteiger partial charge in [-0.05, 0) is 38.1 Å². The Balaban J connectivity index is 2.03. The number of carbonyl (C=O) groups is 1. The lowest BCUT2D eigenvalue weighted by Crippen LogP contribution is -2.15. The molecule has 0 aliphatic heterocycles. The van der Waals surface area contributed by atoms with Crippen molar-refractivity contribution >= 4 is 29.1 Å². The average Bonchev–Trinajstić information content (AvgIpc) is 2.41. The Bertz CT molecular complexity index is 581. The van der Waals surface area contributed by atoms with Crippen molar-refractivity contribution in [3.63, 3.8) is 0 Å². The summed E-state index contributed by atoms with van der Waals surface area (Å²) in [6.07, 6.45) is 2.98. The first kappa shape index (κ1) is 14.3. The minimum Gasteiger partial charge on any atom is -0.352 e. The van der Waals surface area contributed by atoms with Crippen molar-refractivity contribution in [1.29, 1.82) is 0 Å². The van der Waals surface area contributed by atoms with Crippen LogP contribution < -0.4 is 10.6 Å². The molecule has 0 aliphatic rings. The van der Waals surface area contributed by atoms with E-state index in [2.05, 4.69) is 20.6 Å². The second-order valence-corrected chi connectivity index (χ2v) is 4.99. The zero-order valence-corrected chi connectivity index (χ0v) is 12.0.